The summed E-state index contributed by atoms with van der Waals surface area (Å²) in [5.41, 5.74) is 1.20. The number of nitrogens with one attached hydrogen (secondary N) is 1. The summed E-state index contributed by atoms with van der Waals surface area (Å²) in [6.45, 7) is 3.49. The van der Waals surface area contributed by atoms with Crippen LogP contribution in [0.25, 0.3) is 22.8 Å². The van der Waals surface area contributed by atoms with Crippen molar-refractivity contribution in [2.75, 3.05) is 0 Å². The van der Waals surface area contributed by atoms with E-state index in [1.54, 1.807) is 32.0 Å². The van der Waals surface area contributed by atoms with Gasteiger partial charge in [-0.15, -0.1) is 0 Å². The van der Waals surface area contributed by atoms with E-state index in [0.717, 1.165) is 25.7 Å². The number of rotatable bonds is 5. The predicted octanol–water partition coefficient (Wildman–Crippen LogP) is 4.26. The highest BCUT2D eigenvalue weighted by atomic mass is 16.5. The molecule has 0 bridgehead atoms. The second-order valence-electron chi connectivity index (χ2n) is 8.23. The molecule has 8 heteroatoms. The molecule has 3 aromatic rings. The molecular formula is C23H28N4O4. The number of carbonyl (C=O) groups excluding carboxylic acids is 1. The average Bonchev–Trinajstić information content (AvgIpc) is 3.41. The second-order valence-corrected chi connectivity index (χ2v) is 8.23. The zero-order valence-corrected chi connectivity index (χ0v) is 18.0. The minimum absolute atomic E-state index is 0.145. The van der Waals surface area contributed by atoms with Crippen molar-refractivity contribution < 1.29 is 13.7 Å². The maximum Gasteiger partial charge on any atom is 0.268 e. The number of amides is 1. The molecule has 1 N–H and O–H groups in total. The van der Waals surface area contributed by atoms with Crippen LogP contribution in [0.3, 0.4) is 0 Å². The quantitative estimate of drug-likeness (QED) is 0.656. The van der Waals surface area contributed by atoms with Gasteiger partial charge >= 0.3 is 0 Å². The van der Waals surface area contributed by atoms with Crippen LogP contribution in [0.2, 0.25) is 0 Å². The lowest BCUT2D eigenvalue weighted by Crippen LogP contribution is -2.42. The molecule has 0 unspecified atom stereocenters. The number of carbonyl (C=O) groups is 1. The highest BCUT2D eigenvalue weighted by Gasteiger charge is 2.24. The summed E-state index contributed by atoms with van der Waals surface area (Å²) >= 11 is 0. The maximum atomic E-state index is 13.0. The van der Waals surface area contributed by atoms with Crippen LogP contribution in [-0.2, 0) is 4.79 Å². The normalized spacial score (nSPS) is 16.5. The zero-order valence-electron chi connectivity index (χ0n) is 18.0. The maximum absolute atomic E-state index is 13.0. The molecule has 1 aliphatic rings. The molecule has 1 amide bonds. The van der Waals surface area contributed by atoms with Gasteiger partial charge in [-0.05, 0) is 38.8 Å². The van der Waals surface area contributed by atoms with Gasteiger partial charge in [0.15, 0.2) is 11.5 Å². The monoisotopic (exact) mass is 424 g/mol. The van der Waals surface area contributed by atoms with Gasteiger partial charge in [-0.25, -0.2) is 4.68 Å². The molecule has 0 aliphatic heterocycles. The summed E-state index contributed by atoms with van der Waals surface area (Å²) in [6, 6.07) is 6.04. The van der Waals surface area contributed by atoms with Crippen LogP contribution in [0.1, 0.15) is 63.6 Å². The molecule has 0 aromatic carbocycles. The van der Waals surface area contributed by atoms with E-state index in [1.807, 2.05) is 0 Å². The molecule has 3 aromatic heterocycles. The molecule has 4 rings (SSSR count). The van der Waals surface area contributed by atoms with Gasteiger partial charge in [0.25, 0.3) is 5.56 Å². The first kappa shape index (κ1) is 21.1. The Balaban J connectivity index is 1.64. The average molecular weight is 425 g/mol. The van der Waals surface area contributed by atoms with E-state index in [0.29, 0.717) is 28.5 Å². The minimum atomic E-state index is -0.753. The van der Waals surface area contributed by atoms with Crippen LogP contribution in [0.5, 0.6) is 0 Å². The van der Waals surface area contributed by atoms with E-state index in [4.69, 9.17) is 8.94 Å². The largest absolute Gasteiger partial charge is 0.463 e. The number of hydrogen-bond acceptors (Lipinski definition) is 6. The Morgan fingerprint density at radius 3 is 2.55 bits per heavy atom. The lowest BCUT2D eigenvalue weighted by atomic mass is 9.96. The summed E-state index contributed by atoms with van der Waals surface area (Å²) in [5, 5.41) is 11.5. The van der Waals surface area contributed by atoms with Crippen molar-refractivity contribution in [3.05, 3.63) is 46.6 Å². The first-order chi connectivity index (χ1) is 15.0. The van der Waals surface area contributed by atoms with Crippen molar-refractivity contribution in [1.82, 2.24) is 20.3 Å². The van der Waals surface area contributed by atoms with Crippen molar-refractivity contribution in [1.29, 1.82) is 0 Å². The fourth-order valence-electron chi connectivity index (χ4n) is 4.05. The molecule has 3 heterocycles. The van der Waals surface area contributed by atoms with Crippen LogP contribution in [0.15, 0.2) is 44.3 Å². The Hall–Kier alpha value is -3.16. The third-order valence-corrected chi connectivity index (χ3v) is 5.80. The fourth-order valence-corrected chi connectivity index (χ4v) is 4.05. The second kappa shape index (κ2) is 9.32. The molecule has 8 nitrogen and oxygen atoms in total. The minimum Gasteiger partial charge on any atom is -0.463 e. The number of aromatic nitrogens is 3. The van der Waals surface area contributed by atoms with Crippen molar-refractivity contribution >= 4 is 5.91 Å². The van der Waals surface area contributed by atoms with Crippen LogP contribution >= 0.6 is 0 Å². The van der Waals surface area contributed by atoms with E-state index in [1.165, 1.54) is 36.3 Å². The summed E-state index contributed by atoms with van der Waals surface area (Å²) in [6.07, 6.45) is 9.40. The van der Waals surface area contributed by atoms with E-state index in [9.17, 15) is 9.59 Å². The van der Waals surface area contributed by atoms with Gasteiger partial charge in [0.05, 0.1) is 17.5 Å². The molecule has 31 heavy (non-hydrogen) atoms. The third kappa shape index (κ3) is 4.78. The molecule has 1 atom stereocenters. The van der Waals surface area contributed by atoms with Gasteiger partial charge in [-0.3, -0.25) is 9.59 Å². The summed E-state index contributed by atoms with van der Waals surface area (Å²) in [5.74, 6) is 0.700. The van der Waals surface area contributed by atoms with Crippen molar-refractivity contribution in [2.45, 2.75) is 70.9 Å². The number of aryl methyl sites for hydroxylation is 1. The van der Waals surface area contributed by atoms with E-state index < -0.39 is 6.04 Å². The molecular weight excluding hydrogens is 396 g/mol. The van der Waals surface area contributed by atoms with Crippen molar-refractivity contribution in [3.8, 4) is 22.8 Å². The number of furan rings is 1. The SMILES string of the molecule is Cc1cc(-c2cc(=O)n([C@H](C)C(=O)NC3CCCCCCC3)nc2-c2ccco2)on1. The lowest BCUT2D eigenvalue weighted by molar-refractivity contribution is -0.125. The van der Waals surface area contributed by atoms with Gasteiger partial charge in [-0.1, -0.05) is 37.3 Å². The molecule has 1 saturated carbocycles. The van der Waals surface area contributed by atoms with Gasteiger partial charge in [-0.2, -0.15) is 5.10 Å². The van der Waals surface area contributed by atoms with E-state index >= 15 is 0 Å². The lowest BCUT2D eigenvalue weighted by Gasteiger charge is -2.23. The highest BCUT2D eigenvalue weighted by Crippen LogP contribution is 2.30. The van der Waals surface area contributed by atoms with E-state index in [2.05, 4.69) is 15.6 Å². The summed E-state index contributed by atoms with van der Waals surface area (Å²) in [4.78, 5) is 25.9. The molecule has 164 valence electrons. The smallest absolute Gasteiger partial charge is 0.268 e. The Kier molecular flexibility index (Phi) is 6.34. The Bertz CT molecular complexity index is 1080. The Morgan fingerprint density at radius 2 is 1.90 bits per heavy atom. The van der Waals surface area contributed by atoms with Crippen LogP contribution in [0.4, 0.5) is 0 Å². The molecule has 0 saturated heterocycles. The molecule has 1 aliphatic carbocycles. The highest BCUT2D eigenvalue weighted by molar-refractivity contribution is 5.80. The number of nitrogens with zero attached hydrogens (tertiary/aromatic N) is 3. The first-order valence-corrected chi connectivity index (χ1v) is 10.9. The first-order valence-electron chi connectivity index (χ1n) is 10.9. The fraction of sp³-hybridized carbons (Fsp3) is 0.478. The predicted molar refractivity (Wildman–Crippen MR) is 115 cm³/mol. The summed E-state index contributed by atoms with van der Waals surface area (Å²) in [7, 11) is 0. The molecule has 0 spiro atoms. The van der Waals surface area contributed by atoms with Crippen LogP contribution in [0, 0.1) is 6.92 Å². The molecule has 1 fully saturated rings. The van der Waals surface area contributed by atoms with Crippen LogP contribution < -0.4 is 10.9 Å². The Labute approximate surface area is 180 Å². The third-order valence-electron chi connectivity index (χ3n) is 5.80. The topological polar surface area (TPSA) is 103 Å². The Morgan fingerprint density at radius 1 is 1.16 bits per heavy atom. The van der Waals surface area contributed by atoms with Crippen molar-refractivity contribution in [2.24, 2.45) is 0 Å². The summed E-state index contributed by atoms with van der Waals surface area (Å²) < 4.78 is 12.1. The number of hydrogen-bond donors (Lipinski definition) is 1. The van der Waals surface area contributed by atoms with Gasteiger partial charge in [0, 0.05) is 18.2 Å². The molecule has 0 radical (unpaired) electrons. The van der Waals surface area contributed by atoms with Crippen LogP contribution in [-0.4, -0.2) is 26.9 Å². The van der Waals surface area contributed by atoms with Gasteiger partial charge in [0.1, 0.15) is 11.7 Å². The van der Waals surface area contributed by atoms with Gasteiger partial charge < -0.3 is 14.3 Å². The standard InChI is InChI=1S/C23H28N4O4/c1-15-13-20(31-26-15)18-14-21(28)27(25-22(18)19-11-8-12-30-19)16(2)23(29)24-17-9-6-4-3-5-7-10-17/h8,11-14,16-17H,3-7,9-10H2,1-2H3,(H,24,29)/t16-/m1/s1. The van der Waals surface area contributed by atoms with Crippen molar-refractivity contribution in [3.63, 3.8) is 0 Å². The van der Waals surface area contributed by atoms with Gasteiger partial charge in [0.2, 0.25) is 5.91 Å². The zero-order chi connectivity index (χ0) is 21.8. The van der Waals surface area contributed by atoms with E-state index in [-0.39, 0.29) is 17.5 Å².